The zero-order chi connectivity index (χ0) is 17.6. The van der Waals surface area contributed by atoms with Crippen molar-refractivity contribution in [2.75, 3.05) is 13.2 Å². The van der Waals surface area contributed by atoms with Crippen molar-refractivity contribution in [3.63, 3.8) is 0 Å². The van der Waals surface area contributed by atoms with Crippen molar-refractivity contribution >= 4 is 0 Å². The van der Waals surface area contributed by atoms with E-state index in [1.165, 1.54) is 6.39 Å². The number of benzene rings is 2. The summed E-state index contributed by atoms with van der Waals surface area (Å²) < 4.78 is 16.4. The van der Waals surface area contributed by atoms with Crippen LogP contribution in [0, 0.1) is 13.8 Å². The van der Waals surface area contributed by atoms with E-state index in [2.05, 4.69) is 10.2 Å². The van der Waals surface area contributed by atoms with E-state index < -0.39 is 6.10 Å². The van der Waals surface area contributed by atoms with Crippen molar-refractivity contribution in [2.24, 2.45) is 0 Å². The molecular formula is C19H20N2O4. The Balaban J connectivity index is 1.49. The van der Waals surface area contributed by atoms with Gasteiger partial charge in [-0.3, -0.25) is 0 Å². The maximum atomic E-state index is 10.1. The van der Waals surface area contributed by atoms with Gasteiger partial charge in [-0.05, 0) is 55.3 Å². The van der Waals surface area contributed by atoms with Gasteiger partial charge in [-0.25, -0.2) is 0 Å². The number of nitrogens with zero attached hydrogens (tertiary/aromatic N) is 2. The molecule has 130 valence electrons. The minimum Gasteiger partial charge on any atom is -0.491 e. The number of hydrogen-bond acceptors (Lipinski definition) is 6. The van der Waals surface area contributed by atoms with E-state index >= 15 is 0 Å². The molecule has 0 amide bonds. The number of aliphatic hydroxyl groups is 1. The van der Waals surface area contributed by atoms with E-state index in [1.54, 1.807) is 12.1 Å². The summed E-state index contributed by atoms with van der Waals surface area (Å²) in [5.41, 5.74) is 2.96. The van der Waals surface area contributed by atoms with Gasteiger partial charge in [0.1, 0.15) is 30.8 Å². The van der Waals surface area contributed by atoms with Gasteiger partial charge in [-0.2, -0.15) is 0 Å². The highest BCUT2D eigenvalue weighted by Gasteiger charge is 2.09. The van der Waals surface area contributed by atoms with Gasteiger partial charge in [-0.1, -0.05) is 12.1 Å². The van der Waals surface area contributed by atoms with Crippen molar-refractivity contribution in [3.05, 3.63) is 60.0 Å². The Hall–Kier alpha value is -2.86. The molecule has 1 N–H and O–H groups in total. The van der Waals surface area contributed by atoms with Crippen LogP contribution in [0.4, 0.5) is 0 Å². The second-order valence-electron chi connectivity index (χ2n) is 5.81. The second kappa shape index (κ2) is 7.81. The van der Waals surface area contributed by atoms with Gasteiger partial charge in [0.15, 0.2) is 0 Å². The van der Waals surface area contributed by atoms with Crippen LogP contribution in [0.5, 0.6) is 11.5 Å². The lowest BCUT2D eigenvalue weighted by molar-refractivity contribution is 0.0624. The average Bonchev–Trinajstić information content (AvgIpc) is 3.16. The van der Waals surface area contributed by atoms with Crippen molar-refractivity contribution in [1.29, 1.82) is 0 Å². The van der Waals surface area contributed by atoms with Gasteiger partial charge in [0, 0.05) is 5.56 Å². The molecule has 3 aromatic rings. The third kappa shape index (κ3) is 4.58. The molecule has 1 heterocycles. The summed E-state index contributed by atoms with van der Waals surface area (Å²) in [4.78, 5) is 0. The van der Waals surface area contributed by atoms with Crippen molar-refractivity contribution in [1.82, 2.24) is 10.2 Å². The Bertz CT molecular complexity index is 801. The molecule has 0 saturated heterocycles. The maximum Gasteiger partial charge on any atom is 0.247 e. The lowest BCUT2D eigenvalue weighted by Crippen LogP contribution is -2.25. The zero-order valence-corrected chi connectivity index (χ0v) is 14.2. The van der Waals surface area contributed by atoms with E-state index in [0.717, 1.165) is 22.4 Å². The Kier molecular flexibility index (Phi) is 5.30. The standard InChI is InChI=1S/C19H20N2O4/c1-13-3-4-14(2)18(9-13)24-11-16(22)10-23-17-7-5-15(6-8-17)19-21-20-12-25-19/h3-9,12,16,22H,10-11H2,1-2H3. The van der Waals surface area contributed by atoms with Crippen LogP contribution >= 0.6 is 0 Å². The molecule has 0 spiro atoms. The number of hydrogen-bond donors (Lipinski definition) is 1. The van der Waals surface area contributed by atoms with Gasteiger partial charge in [0.25, 0.3) is 0 Å². The number of rotatable bonds is 7. The first-order valence-corrected chi connectivity index (χ1v) is 7.99. The van der Waals surface area contributed by atoms with Crippen LogP contribution in [-0.4, -0.2) is 34.6 Å². The zero-order valence-electron chi connectivity index (χ0n) is 14.2. The molecule has 0 fully saturated rings. The molecule has 3 rings (SSSR count). The first-order valence-electron chi connectivity index (χ1n) is 7.99. The van der Waals surface area contributed by atoms with Gasteiger partial charge in [0.05, 0.1) is 0 Å². The number of aromatic nitrogens is 2. The van der Waals surface area contributed by atoms with E-state index in [1.807, 2.05) is 44.2 Å². The molecule has 1 aromatic heterocycles. The van der Waals surface area contributed by atoms with Gasteiger partial charge in [-0.15, -0.1) is 10.2 Å². The predicted molar refractivity (Wildman–Crippen MR) is 92.6 cm³/mol. The Morgan fingerprint density at radius 3 is 2.52 bits per heavy atom. The normalized spacial score (nSPS) is 12.0. The smallest absolute Gasteiger partial charge is 0.247 e. The SMILES string of the molecule is Cc1ccc(C)c(OCC(O)COc2ccc(-c3nnco3)cc2)c1. The van der Waals surface area contributed by atoms with Crippen molar-refractivity contribution in [2.45, 2.75) is 20.0 Å². The maximum absolute atomic E-state index is 10.1. The minimum atomic E-state index is -0.726. The molecule has 6 nitrogen and oxygen atoms in total. The van der Waals surface area contributed by atoms with E-state index in [4.69, 9.17) is 13.9 Å². The highest BCUT2D eigenvalue weighted by molar-refractivity contribution is 5.53. The highest BCUT2D eigenvalue weighted by Crippen LogP contribution is 2.21. The molecule has 0 aliphatic carbocycles. The van der Waals surface area contributed by atoms with Crippen molar-refractivity contribution in [3.8, 4) is 23.0 Å². The molecule has 1 unspecified atom stereocenters. The van der Waals surface area contributed by atoms with Crippen LogP contribution in [0.25, 0.3) is 11.5 Å². The molecule has 6 heteroatoms. The fraction of sp³-hybridized carbons (Fsp3) is 0.263. The minimum absolute atomic E-state index is 0.144. The summed E-state index contributed by atoms with van der Waals surface area (Å²) >= 11 is 0. The molecule has 0 aliphatic rings. The Morgan fingerprint density at radius 1 is 1.04 bits per heavy atom. The van der Waals surface area contributed by atoms with E-state index in [-0.39, 0.29) is 13.2 Å². The molecule has 25 heavy (non-hydrogen) atoms. The highest BCUT2D eigenvalue weighted by atomic mass is 16.5. The molecule has 0 radical (unpaired) electrons. The Labute approximate surface area is 146 Å². The quantitative estimate of drug-likeness (QED) is 0.712. The molecular weight excluding hydrogens is 320 g/mol. The molecule has 1 atom stereocenters. The number of ether oxygens (including phenoxy) is 2. The van der Waals surface area contributed by atoms with Crippen LogP contribution in [0.2, 0.25) is 0 Å². The number of aryl methyl sites for hydroxylation is 2. The van der Waals surface area contributed by atoms with Gasteiger partial charge in [0.2, 0.25) is 12.3 Å². The molecule has 0 bridgehead atoms. The van der Waals surface area contributed by atoms with Crippen molar-refractivity contribution < 1.29 is 19.0 Å². The first kappa shape index (κ1) is 17.0. The first-order chi connectivity index (χ1) is 12.1. The fourth-order valence-corrected chi connectivity index (χ4v) is 2.28. The van der Waals surface area contributed by atoms with E-state index in [0.29, 0.717) is 11.6 Å². The largest absolute Gasteiger partial charge is 0.491 e. The third-order valence-corrected chi connectivity index (χ3v) is 3.68. The van der Waals surface area contributed by atoms with Crippen LogP contribution < -0.4 is 9.47 Å². The number of aliphatic hydroxyl groups excluding tert-OH is 1. The molecule has 0 saturated carbocycles. The van der Waals surface area contributed by atoms with Gasteiger partial charge >= 0.3 is 0 Å². The topological polar surface area (TPSA) is 77.6 Å². The van der Waals surface area contributed by atoms with Crippen LogP contribution in [0.15, 0.2) is 53.3 Å². The summed E-state index contributed by atoms with van der Waals surface area (Å²) in [6.45, 7) is 4.29. The Morgan fingerprint density at radius 2 is 1.80 bits per heavy atom. The van der Waals surface area contributed by atoms with Gasteiger partial charge < -0.3 is 19.0 Å². The fourth-order valence-electron chi connectivity index (χ4n) is 2.28. The van der Waals surface area contributed by atoms with Crippen LogP contribution in [0.1, 0.15) is 11.1 Å². The summed E-state index contributed by atoms with van der Waals surface area (Å²) in [7, 11) is 0. The summed E-state index contributed by atoms with van der Waals surface area (Å²) in [6, 6.07) is 13.2. The summed E-state index contributed by atoms with van der Waals surface area (Å²) in [5.74, 6) is 1.88. The second-order valence-corrected chi connectivity index (χ2v) is 5.81. The molecule has 2 aromatic carbocycles. The van der Waals surface area contributed by atoms with Crippen LogP contribution in [-0.2, 0) is 0 Å². The summed E-state index contributed by atoms with van der Waals surface area (Å²) in [5, 5.41) is 17.5. The third-order valence-electron chi connectivity index (χ3n) is 3.68. The van der Waals surface area contributed by atoms with E-state index in [9.17, 15) is 5.11 Å². The van der Waals surface area contributed by atoms with Crippen LogP contribution in [0.3, 0.4) is 0 Å². The molecule has 0 aliphatic heterocycles. The lowest BCUT2D eigenvalue weighted by atomic mass is 10.1. The predicted octanol–water partition coefficient (Wildman–Crippen LogP) is 3.17. The summed E-state index contributed by atoms with van der Waals surface area (Å²) in [6.07, 6.45) is 0.557. The monoisotopic (exact) mass is 340 g/mol. The average molecular weight is 340 g/mol. The lowest BCUT2D eigenvalue weighted by Gasteiger charge is -2.15.